The van der Waals surface area contributed by atoms with Gasteiger partial charge in [-0.15, -0.1) is 0 Å². The predicted molar refractivity (Wildman–Crippen MR) is 109 cm³/mol. The zero-order valence-corrected chi connectivity index (χ0v) is 18.6. The Labute approximate surface area is 166 Å². The third kappa shape index (κ3) is 5.35. The van der Waals surface area contributed by atoms with Gasteiger partial charge in [-0.25, -0.2) is 9.37 Å². The Morgan fingerprint density at radius 3 is 2.68 bits per heavy atom. The number of ketones is 1. The van der Waals surface area contributed by atoms with Crippen molar-refractivity contribution in [3.8, 4) is 0 Å². The second kappa shape index (κ2) is 8.28. The lowest BCUT2D eigenvalue weighted by atomic mass is 10.1. The lowest BCUT2D eigenvalue weighted by Crippen LogP contribution is -2.22. The molecule has 0 aliphatic rings. The van der Waals surface area contributed by atoms with Crippen molar-refractivity contribution < 1.29 is 13.9 Å². The van der Waals surface area contributed by atoms with E-state index in [0.29, 0.717) is 12.2 Å². The molecule has 1 heterocycles. The number of nitrogens with zero attached hydrogens (tertiary/aromatic N) is 2. The Morgan fingerprint density at radius 2 is 2.08 bits per heavy atom. The summed E-state index contributed by atoms with van der Waals surface area (Å²) >= 11 is 7.88. The third-order valence-corrected chi connectivity index (χ3v) is 6.78. The van der Waals surface area contributed by atoms with Crippen LogP contribution in [-0.2, 0) is 11.5 Å². The first-order valence-electron chi connectivity index (χ1n) is 7.90. The van der Waals surface area contributed by atoms with E-state index in [0.717, 1.165) is 15.4 Å². The SMILES string of the molecule is Cc1c(I)nc(C(=O)c2ccc(F)c(Cl)c2)n1COCC[Si](C)(C)C. The second-order valence-electron chi connectivity index (χ2n) is 7.05. The van der Waals surface area contributed by atoms with E-state index in [2.05, 4.69) is 47.2 Å². The molecular formula is C17H21ClFIN2O2Si. The van der Waals surface area contributed by atoms with Crippen LogP contribution in [0.2, 0.25) is 30.7 Å². The van der Waals surface area contributed by atoms with Crippen LogP contribution in [-0.4, -0.2) is 30.0 Å². The highest BCUT2D eigenvalue weighted by Gasteiger charge is 2.21. The number of rotatable bonds is 7. The number of hydrogen-bond donors (Lipinski definition) is 0. The summed E-state index contributed by atoms with van der Waals surface area (Å²) < 4.78 is 21.6. The molecule has 25 heavy (non-hydrogen) atoms. The van der Waals surface area contributed by atoms with Gasteiger partial charge < -0.3 is 9.30 Å². The fourth-order valence-corrected chi connectivity index (χ4v) is 3.59. The van der Waals surface area contributed by atoms with Crippen LogP contribution in [0.3, 0.4) is 0 Å². The highest BCUT2D eigenvalue weighted by molar-refractivity contribution is 14.1. The molecule has 0 saturated heterocycles. The normalized spacial score (nSPS) is 11.8. The molecule has 0 spiro atoms. The van der Waals surface area contributed by atoms with Crippen molar-refractivity contribution >= 4 is 48.0 Å². The van der Waals surface area contributed by atoms with Crippen LogP contribution in [0.15, 0.2) is 18.2 Å². The molecule has 0 unspecified atom stereocenters. The molecule has 0 amide bonds. The van der Waals surface area contributed by atoms with E-state index in [9.17, 15) is 9.18 Å². The monoisotopic (exact) mass is 494 g/mol. The van der Waals surface area contributed by atoms with Crippen molar-refractivity contribution in [2.45, 2.75) is 39.3 Å². The highest BCUT2D eigenvalue weighted by Crippen LogP contribution is 2.21. The van der Waals surface area contributed by atoms with Gasteiger partial charge >= 0.3 is 0 Å². The Kier molecular flexibility index (Phi) is 6.80. The Balaban J connectivity index is 2.21. The van der Waals surface area contributed by atoms with Crippen molar-refractivity contribution in [3.63, 3.8) is 0 Å². The van der Waals surface area contributed by atoms with E-state index in [1.165, 1.54) is 18.2 Å². The minimum absolute atomic E-state index is 0.0817. The van der Waals surface area contributed by atoms with E-state index < -0.39 is 13.9 Å². The van der Waals surface area contributed by atoms with Gasteiger partial charge in [0.15, 0.2) is 5.82 Å². The maximum absolute atomic E-state index is 13.3. The standard InChI is InChI=1S/C17H21ClFIN2O2Si/c1-11-16(20)21-17(22(11)10-24-7-8-25(2,3)4)15(23)12-5-6-14(19)13(18)9-12/h5-6,9H,7-8,10H2,1-4H3. The lowest BCUT2D eigenvalue weighted by Gasteiger charge is -2.16. The quantitative estimate of drug-likeness (QED) is 0.232. The number of halogens is 3. The number of aromatic nitrogens is 2. The van der Waals surface area contributed by atoms with E-state index >= 15 is 0 Å². The van der Waals surface area contributed by atoms with Gasteiger partial charge in [0.1, 0.15) is 16.2 Å². The summed E-state index contributed by atoms with van der Waals surface area (Å²) in [5, 5.41) is -0.0817. The summed E-state index contributed by atoms with van der Waals surface area (Å²) in [6.07, 6.45) is 0. The first-order valence-corrected chi connectivity index (χ1v) is 13.1. The first-order chi connectivity index (χ1) is 11.6. The van der Waals surface area contributed by atoms with Crippen LogP contribution < -0.4 is 0 Å². The minimum Gasteiger partial charge on any atom is -0.361 e. The minimum atomic E-state index is -1.17. The van der Waals surface area contributed by atoms with Gasteiger partial charge in [0, 0.05) is 20.2 Å². The molecule has 2 aromatic rings. The number of carbonyl (C=O) groups excluding carboxylic acids is 1. The molecule has 8 heteroatoms. The average molecular weight is 495 g/mol. The summed E-state index contributed by atoms with van der Waals surface area (Å²) in [6.45, 7) is 9.67. The van der Waals surface area contributed by atoms with Gasteiger partial charge in [-0.05, 0) is 53.8 Å². The molecule has 0 N–H and O–H groups in total. The largest absolute Gasteiger partial charge is 0.361 e. The molecule has 4 nitrogen and oxygen atoms in total. The van der Waals surface area contributed by atoms with Gasteiger partial charge in [-0.3, -0.25) is 4.79 Å². The van der Waals surface area contributed by atoms with E-state index in [-0.39, 0.29) is 23.4 Å². The lowest BCUT2D eigenvalue weighted by molar-refractivity contribution is 0.0801. The summed E-state index contributed by atoms with van der Waals surface area (Å²) in [4.78, 5) is 17.1. The molecule has 2 rings (SSSR count). The third-order valence-electron chi connectivity index (χ3n) is 3.76. The highest BCUT2D eigenvalue weighted by atomic mass is 127. The Morgan fingerprint density at radius 1 is 1.40 bits per heavy atom. The molecule has 0 radical (unpaired) electrons. The van der Waals surface area contributed by atoms with Gasteiger partial charge in [-0.1, -0.05) is 31.2 Å². The molecule has 0 aliphatic heterocycles. The molecule has 0 bridgehead atoms. The van der Waals surface area contributed by atoms with Crippen molar-refractivity contribution in [1.29, 1.82) is 0 Å². The molecule has 0 aliphatic carbocycles. The van der Waals surface area contributed by atoms with Crippen molar-refractivity contribution in [3.05, 3.63) is 49.8 Å². The van der Waals surface area contributed by atoms with Crippen LogP contribution in [0.1, 0.15) is 21.9 Å². The second-order valence-corrected chi connectivity index (χ2v) is 14.1. The van der Waals surface area contributed by atoms with Crippen LogP contribution >= 0.6 is 34.2 Å². The van der Waals surface area contributed by atoms with Crippen LogP contribution in [0.25, 0.3) is 0 Å². The molecule has 1 aromatic carbocycles. The molecule has 0 fully saturated rings. The predicted octanol–water partition coefficient (Wildman–Crippen LogP) is 5.13. The number of imidazole rings is 1. The number of carbonyl (C=O) groups is 1. The van der Waals surface area contributed by atoms with Crippen LogP contribution in [0.5, 0.6) is 0 Å². The first kappa shape index (κ1) is 20.5. The van der Waals surface area contributed by atoms with Crippen molar-refractivity contribution in [1.82, 2.24) is 9.55 Å². The van der Waals surface area contributed by atoms with Crippen LogP contribution in [0.4, 0.5) is 4.39 Å². The molecule has 0 atom stereocenters. The average Bonchev–Trinajstić information content (AvgIpc) is 2.80. The van der Waals surface area contributed by atoms with Gasteiger partial charge in [0.05, 0.1) is 10.7 Å². The van der Waals surface area contributed by atoms with Gasteiger partial charge in [0.25, 0.3) is 0 Å². The van der Waals surface area contributed by atoms with E-state index in [4.69, 9.17) is 16.3 Å². The molecule has 136 valence electrons. The fraction of sp³-hybridized carbons (Fsp3) is 0.412. The zero-order chi connectivity index (χ0) is 18.8. The van der Waals surface area contributed by atoms with Gasteiger partial charge in [-0.2, -0.15) is 0 Å². The number of ether oxygens (including phenoxy) is 1. The summed E-state index contributed by atoms with van der Waals surface area (Å²) in [7, 11) is -1.17. The Hall–Kier alpha value is -0.773. The van der Waals surface area contributed by atoms with Gasteiger partial charge in [0.2, 0.25) is 5.78 Å². The van der Waals surface area contributed by atoms with Crippen molar-refractivity contribution in [2.75, 3.05) is 6.61 Å². The zero-order valence-electron chi connectivity index (χ0n) is 14.7. The smallest absolute Gasteiger partial charge is 0.228 e. The number of benzene rings is 1. The fourth-order valence-electron chi connectivity index (χ4n) is 2.14. The van der Waals surface area contributed by atoms with Crippen LogP contribution in [0, 0.1) is 16.4 Å². The number of hydrogen-bond acceptors (Lipinski definition) is 3. The molecular weight excluding hydrogens is 474 g/mol. The van der Waals surface area contributed by atoms with Crippen molar-refractivity contribution in [2.24, 2.45) is 0 Å². The molecule has 1 aromatic heterocycles. The van der Waals surface area contributed by atoms with E-state index in [1.807, 2.05) is 6.92 Å². The summed E-state index contributed by atoms with van der Waals surface area (Å²) in [6, 6.07) is 4.98. The van der Waals surface area contributed by atoms with E-state index in [1.54, 1.807) is 4.57 Å². The maximum atomic E-state index is 13.3. The maximum Gasteiger partial charge on any atom is 0.228 e. The summed E-state index contributed by atoms with van der Waals surface area (Å²) in [5.74, 6) is -0.582. The Bertz CT molecular complexity index is 790. The topological polar surface area (TPSA) is 44.1 Å². The molecule has 0 saturated carbocycles. The summed E-state index contributed by atoms with van der Waals surface area (Å²) in [5.41, 5.74) is 1.17.